The summed E-state index contributed by atoms with van der Waals surface area (Å²) in [5.41, 5.74) is 3.38. The van der Waals surface area contributed by atoms with Crippen LogP contribution in [0.15, 0.2) is 58.8 Å². The van der Waals surface area contributed by atoms with Crippen LogP contribution < -0.4 is 10.2 Å². The molecule has 132 valence electrons. The molecule has 3 aromatic rings. The first-order chi connectivity index (χ1) is 12.5. The third-order valence-electron chi connectivity index (χ3n) is 3.35. The van der Waals surface area contributed by atoms with Crippen molar-refractivity contribution in [3.05, 3.63) is 59.1 Å². The number of aromatic nitrogens is 3. The smallest absolute Gasteiger partial charge is 0.232 e. The lowest BCUT2D eigenvalue weighted by Gasteiger charge is -2.11. The van der Waals surface area contributed by atoms with E-state index in [1.165, 1.54) is 0 Å². The molecule has 0 spiro atoms. The Morgan fingerprint density at radius 2 is 1.27 bits per heavy atom. The van der Waals surface area contributed by atoms with Crippen molar-refractivity contribution in [2.24, 2.45) is 10.2 Å². The summed E-state index contributed by atoms with van der Waals surface area (Å²) in [6.45, 7) is 0. The summed E-state index contributed by atoms with van der Waals surface area (Å²) in [6, 6.07) is 15.1. The molecule has 1 heterocycles. The lowest BCUT2D eigenvalue weighted by Crippen LogP contribution is -2.07. The van der Waals surface area contributed by atoms with E-state index >= 15 is 0 Å². The Hall–Kier alpha value is -2.77. The molecule has 0 radical (unpaired) electrons. The zero-order chi connectivity index (χ0) is 18.5. The highest BCUT2D eigenvalue weighted by atomic mass is 35.5. The van der Waals surface area contributed by atoms with E-state index < -0.39 is 0 Å². The molecule has 0 saturated carbocycles. The van der Waals surface area contributed by atoms with Crippen molar-refractivity contribution in [1.29, 1.82) is 0 Å². The summed E-state index contributed by atoms with van der Waals surface area (Å²) in [6.07, 6.45) is 0. The zero-order valence-corrected chi connectivity index (χ0v) is 15.6. The molecule has 2 aromatic carbocycles. The second-order valence-corrected chi connectivity index (χ2v) is 6.16. The highest BCUT2D eigenvalue weighted by molar-refractivity contribution is 6.31. The summed E-state index contributed by atoms with van der Waals surface area (Å²) in [5, 5.41) is 11.5. The minimum atomic E-state index is 0.0261. The van der Waals surface area contributed by atoms with Crippen molar-refractivity contribution in [2.45, 2.75) is 0 Å². The van der Waals surface area contributed by atoms with E-state index in [0.717, 1.165) is 22.7 Å². The fourth-order valence-corrected chi connectivity index (χ4v) is 2.42. The van der Waals surface area contributed by atoms with Gasteiger partial charge in [-0.25, -0.2) is 0 Å². The molecule has 0 aliphatic carbocycles. The van der Waals surface area contributed by atoms with Gasteiger partial charge in [0.05, 0.1) is 11.4 Å². The molecule has 9 heteroatoms. The molecule has 0 aliphatic rings. The molecular formula is C17H15Cl2N7. The van der Waals surface area contributed by atoms with Gasteiger partial charge in [0.2, 0.25) is 16.5 Å². The van der Waals surface area contributed by atoms with Crippen molar-refractivity contribution >= 4 is 51.9 Å². The number of nitrogens with one attached hydrogen (secondary N) is 1. The normalized spacial score (nSPS) is 10.9. The van der Waals surface area contributed by atoms with Crippen molar-refractivity contribution in [3.8, 4) is 0 Å². The standard InChI is InChI=1S/C17H15Cl2N7/c1-26(2)14-9-7-13(8-10-14)25-24-12-5-3-11(4-6-12)20-17-22-15(18)21-16(19)23-17/h3-10H,1-2H3,(H,20,21,22,23). The minimum absolute atomic E-state index is 0.0261. The van der Waals surface area contributed by atoms with Gasteiger partial charge in [-0.2, -0.15) is 25.2 Å². The molecule has 0 atom stereocenters. The van der Waals surface area contributed by atoms with E-state index in [2.05, 4.69) is 30.5 Å². The number of rotatable bonds is 5. The van der Waals surface area contributed by atoms with E-state index in [4.69, 9.17) is 23.2 Å². The molecule has 0 aliphatic heterocycles. The van der Waals surface area contributed by atoms with Crippen LogP contribution in [0.2, 0.25) is 10.6 Å². The van der Waals surface area contributed by atoms with Crippen LogP contribution in [0, 0.1) is 0 Å². The first kappa shape index (κ1) is 18.0. The summed E-state index contributed by atoms with van der Waals surface area (Å²) in [5.74, 6) is 0.269. The van der Waals surface area contributed by atoms with E-state index in [1.807, 2.05) is 67.5 Å². The number of halogens is 2. The highest BCUT2D eigenvalue weighted by Gasteiger charge is 2.03. The van der Waals surface area contributed by atoms with Gasteiger partial charge in [-0.15, -0.1) is 0 Å². The molecule has 0 fully saturated rings. The topological polar surface area (TPSA) is 78.7 Å². The quantitative estimate of drug-likeness (QED) is 0.592. The van der Waals surface area contributed by atoms with Gasteiger partial charge in [0.15, 0.2) is 0 Å². The third kappa shape index (κ3) is 4.87. The molecule has 0 unspecified atom stereocenters. The maximum Gasteiger partial charge on any atom is 0.232 e. The number of benzene rings is 2. The Morgan fingerprint density at radius 3 is 1.77 bits per heavy atom. The van der Waals surface area contributed by atoms with Gasteiger partial charge in [-0.05, 0) is 71.7 Å². The van der Waals surface area contributed by atoms with Crippen molar-refractivity contribution in [2.75, 3.05) is 24.3 Å². The minimum Gasteiger partial charge on any atom is -0.378 e. The van der Waals surface area contributed by atoms with Crippen molar-refractivity contribution in [1.82, 2.24) is 15.0 Å². The maximum absolute atomic E-state index is 5.75. The number of hydrogen-bond acceptors (Lipinski definition) is 7. The van der Waals surface area contributed by atoms with Crippen LogP contribution >= 0.6 is 23.2 Å². The Labute approximate surface area is 160 Å². The molecule has 1 N–H and O–H groups in total. The summed E-state index contributed by atoms with van der Waals surface area (Å²) >= 11 is 11.5. The molecule has 26 heavy (non-hydrogen) atoms. The summed E-state index contributed by atoms with van der Waals surface area (Å²) in [7, 11) is 3.98. The Kier molecular flexibility index (Phi) is 5.60. The Balaban J connectivity index is 1.67. The molecule has 0 saturated heterocycles. The van der Waals surface area contributed by atoms with E-state index in [1.54, 1.807) is 0 Å². The SMILES string of the molecule is CN(C)c1ccc(N=Nc2ccc(Nc3nc(Cl)nc(Cl)n3)cc2)cc1. The summed E-state index contributed by atoms with van der Waals surface area (Å²) < 4.78 is 0. The average Bonchev–Trinajstić information content (AvgIpc) is 2.60. The van der Waals surface area contributed by atoms with Crippen LogP contribution in [0.3, 0.4) is 0 Å². The Morgan fingerprint density at radius 1 is 0.769 bits per heavy atom. The lowest BCUT2D eigenvalue weighted by molar-refractivity contribution is 1.05. The zero-order valence-electron chi connectivity index (χ0n) is 14.1. The van der Waals surface area contributed by atoms with Gasteiger partial charge in [0.25, 0.3) is 0 Å². The van der Waals surface area contributed by atoms with Crippen LogP contribution in [0.4, 0.5) is 28.7 Å². The predicted molar refractivity (Wildman–Crippen MR) is 105 cm³/mol. The Bertz CT molecular complexity index is 889. The average molecular weight is 388 g/mol. The third-order valence-corrected chi connectivity index (χ3v) is 3.69. The predicted octanol–water partition coefficient (Wildman–Crippen LogP) is 5.40. The van der Waals surface area contributed by atoms with Crippen LogP contribution in [0.25, 0.3) is 0 Å². The molecule has 7 nitrogen and oxygen atoms in total. The van der Waals surface area contributed by atoms with Gasteiger partial charge in [-0.1, -0.05) is 0 Å². The molecule has 1 aromatic heterocycles. The number of azo groups is 1. The van der Waals surface area contributed by atoms with Gasteiger partial charge in [0, 0.05) is 25.5 Å². The van der Waals surface area contributed by atoms with Crippen LogP contribution in [0.1, 0.15) is 0 Å². The second-order valence-electron chi connectivity index (χ2n) is 5.48. The van der Waals surface area contributed by atoms with Gasteiger partial charge >= 0.3 is 0 Å². The van der Waals surface area contributed by atoms with E-state index in [9.17, 15) is 0 Å². The van der Waals surface area contributed by atoms with Crippen molar-refractivity contribution < 1.29 is 0 Å². The van der Waals surface area contributed by atoms with Crippen molar-refractivity contribution in [3.63, 3.8) is 0 Å². The molecular weight excluding hydrogens is 373 g/mol. The molecule has 0 bridgehead atoms. The van der Waals surface area contributed by atoms with Crippen LogP contribution in [-0.4, -0.2) is 29.0 Å². The summed E-state index contributed by atoms with van der Waals surface area (Å²) in [4.78, 5) is 13.6. The first-order valence-corrected chi connectivity index (χ1v) is 8.38. The number of anilines is 3. The lowest BCUT2D eigenvalue weighted by atomic mass is 10.3. The highest BCUT2D eigenvalue weighted by Crippen LogP contribution is 2.23. The fraction of sp³-hybridized carbons (Fsp3) is 0.118. The van der Waals surface area contributed by atoms with E-state index in [-0.39, 0.29) is 16.5 Å². The fourth-order valence-electron chi connectivity index (χ4n) is 2.06. The monoisotopic (exact) mass is 387 g/mol. The van der Waals surface area contributed by atoms with Crippen LogP contribution in [0.5, 0.6) is 0 Å². The number of nitrogens with zero attached hydrogens (tertiary/aromatic N) is 6. The number of hydrogen-bond donors (Lipinski definition) is 1. The maximum atomic E-state index is 5.75. The molecule has 3 rings (SSSR count). The molecule has 0 amide bonds. The second kappa shape index (κ2) is 8.07. The van der Waals surface area contributed by atoms with Gasteiger partial charge in [0.1, 0.15) is 0 Å². The van der Waals surface area contributed by atoms with Gasteiger partial charge in [-0.3, -0.25) is 0 Å². The first-order valence-electron chi connectivity index (χ1n) is 7.63. The van der Waals surface area contributed by atoms with E-state index in [0.29, 0.717) is 0 Å². The largest absolute Gasteiger partial charge is 0.378 e. The van der Waals surface area contributed by atoms with Crippen LogP contribution in [-0.2, 0) is 0 Å². The van der Waals surface area contributed by atoms with Gasteiger partial charge < -0.3 is 10.2 Å².